The fraction of sp³-hybridized carbons (Fsp3) is 0.0588. The van der Waals surface area contributed by atoms with Gasteiger partial charge < -0.3 is 15.4 Å². The van der Waals surface area contributed by atoms with E-state index >= 15 is 0 Å². The highest BCUT2D eigenvalue weighted by atomic mass is 35.5. The van der Waals surface area contributed by atoms with Crippen molar-refractivity contribution in [3.05, 3.63) is 68.3 Å². The summed E-state index contributed by atoms with van der Waals surface area (Å²) in [6.45, 7) is 0. The van der Waals surface area contributed by atoms with Gasteiger partial charge in [0.2, 0.25) is 0 Å². The number of amides is 1. The number of carbonyl (C=O) groups excluding carboxylic acids is 1. The van der Waals surface area contributed by atoms with Crippen LogP contribution in [0.3, 0.4) is 0 Å². The molecule has 27 heavy (non-hydrogen) atoms. The first kappa shape index (κ1) is 20.0. The number of nitrogens with zero attached hydrogens (tertiary/aromatic N) is 2. The van der Waals surface area contributed by atoms with Gasteiger partial charge in [0.1, 0.15) is 17.4 Å². The molecule has 0 radical (unpaired) electrons. The van der Waals surface area contributed by atoms with Crippen molar-refractivity contribution < 1.29 is 14.5 Å². The van der Waals surface area contributed by atoms with Crippen LogP contribution in [-0.4, -0.2) is 17.9 Å². The molecule has 0 atom stereocenters. The van der Waals surface area contributed by atoms with Gasteiger partial charge in [-0.1, -0.05) is 29.3 Å². The standard InChI is InChI=1S/C17H12Cl2N4O4/c1-27-15-7-11(23(25)26)5-6-14(15)22-17(24)10(8-20)9-21-16-12(18)3-2-4-13(16)19/h2-7,9,21H,1H3,(H,22,24)/b10-9-. The van der Waals surface area contributed by atoms with Gasteiger partial charge in [0, 0.05) is 12.3 Å². The van der Waals surface area contributed by atoms with E-state index in [4.69, 9.17) is 27.9 Å². The molecular weight excluding hydrogens is 395 g/mol. The van der Waals surface area contributed by atoms with Gasteiger partial charge in [-0.25, -0.2) is 0 Å². The number of benzene rings is 2. The van der Waals surface area contributed by atoms with Crippen molar-refractivity contribution in [2.24, 2.45) is 0 Å². The molecule has 0 aliphatic heterocycles. The van der Waals surface area contributed by atoms with Gasteiger partial charge in [0.25, 0.3) is 11.6 Å². The quantitative estimate of drug-likeness (QED) is 0.318. The second-order valence-corrected chi connectivity index (χ2v) is 5.82. The molecule has 2 rings (SSSR count). The molecule has 0 heterocycles. The van der Waals surface area contributed by atoms with Crippen LogP contribution in [0.1, 0.15) is 0 Å². The van der Waals surface area contributed by atoms with Gasteiger partial charge in [-0.15, -0.1) is 0 Å². The van der Waals surface area contributed by atoms with Crippen molar-refractivity contribution in [1.82, 2.24) is 0 Å². The average Bonchev–Trinajstić information content (AvgIpc) is 2.64. The molecule has 2 aromatic carbocycles. The smallest absolute Gasteiger partial charge is 0.273 e. The van der Waals surface area contributed by atoms with E-state index in [0.29, 0.717) is 15.7 Å². The number of hydrogen-bond acceptors (Lipinski definition) is 6. The number of hydrogen-bond donors (Lipinski definition) is 2. The van der Waals surface area contributed by atoms with Gasteiger partial charge in [-0.05, 0) is 18.2 Å². The lowest BCUT2D eigenvalue weighted by molar-refractivity contribution is -0.384. The number of anilines is 2. The number of para-hydroxylation sites is 1. The molecule has 0 aliphatic rings. The minimum absolute atomic E-state index is 0.0805. The largest absolute Gasteiger partial charge is 0.494 e. The normalized spacial score (nSPS) is 10.7. The predicted molar refractivity (Wildman–Crippen MR) is 102 cm³/mol. The molecule has 0 fully saturated rings. The lowest BCUT2D eigenvalue weighted by Gasteiger charge is -2.10. The first-order valence-corrected chi connectivity index (χ1v) is 8.07. The third kappa shape index (κ3) is 4.88. The Labute approximate surface area is 164 Å². The van der Waals surface area contributed by atoms with E-state index in [1.807, 2.05) is 0 Å². The summed E-state index contributed by atoms with van der Waals surface area (Å²) in [6.07, 6.45) is 1.15. The van der Waals surface area contributed by atoms with Crippen LogP contribution in [-0.2, 0) is 4.79 Å². The van der Waals surface area contributed by atoms with E-state index in [1.165, 1.54) is 19.2 Å². The molecule has 0 bridgehead atoms. The zero-order valence-corrected chi connectivity index (χ0v) is 15.3. The van der Waals surface area contributed by atoms with Gasteiger partial charge in [0.05, 0.1) is 39.5 Å². The number of methoxy groups -OCH3 is 1. The lowest BCUT2D eigenvalue weighted by Crippen LogP contribution is -2.15. The molecule has 8 nitrogen and oxygen atoms in total. The summed E-state index contributed by atoms with van der Waals surface area (Å²) in [4.78, 5) is 22.5. The SMILES string of the molecule is COc1cc([N+](=O)[O-])ccc1NC(=O)/C(C#N)=C\Nc1c(Cl)cccc1Cl. The average molecular weight is 407 g/mol. The Bertz CT molecular complexity index is 950. The minimum Gasteiger partial charge on any atom is -0.494 e. The molecule has 0 aromatic heterocycles. The molecule has 0 unspecified atom stereocenters. The van der Waals surface area contributed by atoms with Crippen LogP contribution >= 0.6 is 23.2 Å². The molecular formula is C17H12Cl2N4O4. The molecule has 0 spiro atoms. The second-order valence-electron chi connectivity index (χ2n) is 5.01. The van der Waals surface area contributed by atoms with Crippen molar-refractivity contribution >= 4 is 46.2 Å². The number of ether oxygens (including phenoxy) is 1. The molecule has 2 N–H and O–H groups in total. The molecule has 10 heteroatoms. The van der Waals surface area contributed by atoms with Crippen LogP contribution in [0.25, 0.3) is 0 Å². The molecule has 0 saturated carbocycles. The Morgan fingerprint density at radius 3 is 2.52 bits per heavy atom. The number of rotatable bonds is 6. The van der Waals surface area contributed by atoms with E-state index in [0.717, 1.165) is 12.3 Å². The highest BCUT2D eigenvalue weighted by Crippen LogP contribution is 2.31. The second kappa shape index (κ2) is 8.89. The lowest BCUT2D eigenvalue weighted by atomic mass is 10.2. The highest BCUT2D eigenvalue weighted by molar-refractivity contribution is 6.39. The van der Waals surface area contributed by atoms with E-state index in [-0.39, 0.29) is 22.7 Å². The van der Waals surface area contributed by atoms with Crippen molar-refractivity contribution in [2.75, 3.05) is 17.7 Å². The van der Waals surface area contributed by atoms with Crippen molar-refractivity contribution in [2.45, 2.75) is 0 Å². The summed E-state index contributed by atoms with van der Waals surface area (Å²) < 4.78 is 5.04. The summed E-state index contributed by atoms with van der Waals surface area (Å²) in [5.74, 6) is -0.669. The minimum atomic E-state index is -0.750. The zero-order valence-electron chi connectivity index (χ0n) is 13.8. The van der Waals surface area contributed by atoms with E-state index in [2.05, 4.69) is 10.6 Å². The third-order valence-electron chi connectivity index (χ3n) is 3.33. The van der Waals surface area contributed by atoms with Crippen molar-refractivity contribution in [3.8, 4) is 11.8 Å². The van der Waals surface area contributed by atoms with Crippen LogP contribution in [0, 0.1) is 21.4 Å². The number of halogens is 2. The summed E-state index contributed by atoms with van der Waals surface area (Å²) in [6, 6.07) is 10.3. The number of nitro benzene ring substituents is 1. The monoisotopic (exact) mass is 406 g/mol. The van der Waals surface area contributed by atoms with Crippen molar-refractivity contribution in [1.29, 1.82) is 5.26 Å². The Morgan fingerprint density at radius 2 is 1.96 bits per heavy atom. The molecule has 0 saturated heterocycles. The Morgan fingerprint density at radius 1 is 1.30 bits per heavy atom. The van der Waals surface area contributed by atoms with Crippen LogP contribution in [0.5, 0.6) is 5.75 Å². The summed E-state index contributed by atoms with van der Waals surface area (Å²) in [5.41, 5.74) is 0.0432. The van der Waals surface area contributed by atoms with Crippen LogP contribution in [0.15, 0.2) is 48.2 Å². The Hall–Kier alpha value is -3.28. The number of nitrogens with one attached hydrogen (secondary N) is 2. The van der Waals surface area contributed by atoms with Crippen molar-refractivity contribution in [3.63, 3.8) is 0 Å². The first-order valence-electron chi connectivity index (χ1n) is 7.32. The number of non-ortho nitro benzene ring substituents is 1. The molecule has 1 amide bonds. The molecule has 2 aromatic rings. The maximum atomic E-state index is 12.3. The fourth-order valence-corrected chi connectivity index (χ4v) is 2.52. The van der Waals surface area contributed by atoms with Gasteiger partial charge in [-0.2, -0.15) is 5.26 Å². The first-order chi connectivity index (χ1) is 12.9. The highest BCUT2D eigenvalue weighted by Gasteiger charge is 2.16. The van der Waals surface area contributed by atoms with Crippen LogP contribution in [0.2, 0.25) is 10.0 Å². The van der Waals surface area contributed by atoms with Gasteiger partial charge in [0.15, 0.2) is 0 Å². The van der Waals surface area contributed by atoms with Gasteiger partial charge in [-0.3, -0.25) is 14.9 Å². The Balaban J connectivity index is 2.23. The van der Waals surface area contributed by atoms with Crippen LogP contribution in [0.4, 0.5) is 17.1 Å². The number of nitriles is 1. The topological polar surface area (TPSA) is 117 Å². The summed E-state index contributed by atoms with van der Waals surface area (Å²) >= 11 is 12.0. The summed E-state index contributed by atoms with van der Waals surface area (Å²) in [5, 5.41) is 25.9. The number of carbonyl (C=O) groups is 1. The predicted octanol–water partition coefficient (Wildman–Crippen LogP) is 4.37. The number of nitro groups is 1. The van der Waals surface area contributed by atoms with E-state index < -0.39 is 10.8 Å². The molecule has 0 aliphatic carbocycles. The van der Waals surface area contributed by atoms with Gasteiger partial charge >= 0.3 is 0 Å². The fourth-order valence-electron chi connectivity index (χ4n) is 2.02. The zero-order chi connectivity index (χ0) is 20.0. The molecule has 138 valence electrons. The van der Waals surface area contributed by atoms with E-state index in [9.17, 15) is 20.2 Å². The van der Waals surface area contributed by atoms with E-state index in [1.54, 1.807) is 24.3 Å². The third-order valence-corrected chi connectivity index (χ3v) is 3.96. The maximum Gasteiger partial charge on any atom is 0.273 e. The maximum absolute atomic E-state index is 12.3. The van der Waals surface area contributed by atoms with Crippen LogP contribution < -0.4 is 15.4 Å². The summed E-state index contributed by atoms with van der Waals surface area (Å²) in [7, 11) is 1.30. The Kier molecular flexibility index (Phi) is 6.60.